The lowest BCUT2D eigenvalue weighted by molar-refractivity contribution is -0.400. The summed E-state index contributed by atoms with van der Waals surface area (Å²) in [5, 5.41) is 79.1. The molecule has 4 saturated heterocycles. The summed E-state index contributed by atoms with van der Waals surface area (Å²) < 4.78 is 47.7. The number of hydrogen-bond acceptors (Lipinski definition) is 15. The van der Waals surface area contributed by atoms with Crippen molar-refractivity contribution < 1.29 is 73.6 Å². The Balaban J connectivity index is 1.05. The minimum Gasteiger partial charge on any atom is -0.488 e. The van der Waals surface area contributed by atoms with E-state index in [1.165, 1.54) is 13.2 Å². The molecule has 4 heterocycles. The van der Waals surface area contributed by atoms with Crippen LogP contribution in [-0.4, -0.2) is 144 Å². The molecule has 4 aliphatic heterocycles. The first-order chi connectivity index (χ1) is 30.8. The molecule has 8 rings (SSSR count). The molecular formula is C47H54Cl2O15. The Morgan fingerprint density at radius 1 is 0.594 bits per heavy atom. The summed E-state index contributed by atoms with van der Waals surface area (Å²) in [6.07, 6.45) is -11.7. The van der Waals surface area contributed by atoms with Crippen molar-refractivity contribution in [3.63, 3.8) is 0 Å². The smallest absolute Gasteiger partial charge is 0.225 e. The highest BCUT2D eigenvalue weighted by Gasteiger charge is 2.59. The van der Waals surface area contributed by atoms with Crippen LogP contribution in [0.1, 0.15) is 46.2 Å². The van der Waals surface area contributed by atoms with Crippen LogP contribution in [-0.2, 0) is 52.8 Å². The number of rotatable bonds is 15. The van der Waals surface area contributed by atoms with Crippen LogP contribution in [0.4, 0.5) is 0 Å². The van der Waals surface area contributed by atoms with Gasteiger partial charge in [0.1, 0.15) is 72.5 Å². The fourth-order valence-corrected chi connectivity index (χ4v) is 9.07. The summed E-state index contributed by atoms with van der Waals surface area (Å²) in [7, 11) is 1.27. The van der Waals surface area contributed by atoms with Crippen LogP contribution >= 0.6 is 23.2 Å². The molecule has 0 aliphatic carbocycles. The minimum absolute atomic E-state index is 0.00152. The van der Waals surface area contributed by atoms with E-state index in [0.29, 0.717) is 71.9 Å². The fraction of sp³-hybridized carbons (Fsp3) is 0.489. The van der Waals surface area contributed by atoms with E-state index in [1.807, 2.05) is 48.5 Å². The molecule has 0 aromatic heterocycles. The van der Waals surface area contributed by atoms with E-state index in [2.05, 4.69) is 0 Å². The molecule has 0 unspecified atom stereocenters. The van der Waals surface area contributed by atoms with Crippen molar-refractivity contribution in [1.82, 2.24) is 0 Å². The topological polar surface area (TPSA) is 215 Å². The SMILES string of the molecule is CO[C@]1(c2ccc(Cl)c(Cc3ccc(O[C@H]4CCOC4)cc3)c2)O[C@H](CO[C@@]2(c3ccc(Cl)c(Cc4ccc(O[C@H]5CCOC5)cc4)c3)O[C@H](CO)[C@@H](O)[C@H](O)[C@H]2O)[C@@H](O)[C@H](O)[C@H]1O. The molecule has 17 heteroatoms. The highest BCUT2D eigenvalue weighted by Crippen LogP contribution is 2.44. The van der Waals surface area contributed by atoms with Gasteiger partial charge >= 0.3 is 0 Å². The van der Waals surface area contributed by atoms with Crippen LogP contribution in [0.5, 0.6) is 11.5 Å². The fourth-order valence-electron chi connectivity index (χ4n) is 8.70. The van der Waals surface area contributed by atoms with Crippen LogP contribution in [0, 0.1) is 0 Å². The average molecular weight is 930 g/mol. The van der Waals surface area contributed by atoms with Crippen molar-refractivity contribution in [3.8, 4) is 11.5 Å². The summed E-state index contributed by atoms with van der Waals surface area (Å²) >= 11 is 13.4. The van der Waals surface area contributed by atoms with E-state index in [9.17, 15) is 35.7 Å². The largest absolute Gasteiger partial charge is 0.488 e. The lowest BCUT2D eigenvalue weighted by atomic mass is 9.86. The van der Waals surface area contributed by atoms with Gasteiger partial charge in [-0.25, -0.2) is 0 Å². The first-order valence-corrected chi connectivity index (χ1v) is 22.1. The van der Waals surface area contributed by atoms with Crippen molar-refractivity contribution in [2.24, 2.45) is 0 Å². The number of benzene rings is 4. The molecule has 4 fully saturated rings. The molecule has 346 valence electrons. The molecule has 0 bridgehead atoms. The van der Waals surface area contributed by atoms with Crippen molar-refractivity contribution in [1.29, 1.82) is 0 Å². The molecule has 0 saturated carbocycles. The Morgan fingerprint density at radius 2 is 1.05 bits per heavy atom. The van der Waals surface area contributed by atoms with Gasteiger partial charge < -0.3 is 73.6 Å². The number of ether oxygens (including phenoxy) is 8. The Bertz CT molecular complexity index is 2170. The quantitative estimate of drug-likeness (QED) is 0.0913. The molecule has 4 aliphatic rings. The second-order valence-corrected chi connectivity index (χ2v) is 17.5. The van der Waals surface area contributed by atoms with Crippen LogP contribution in [0.25, 0.3) is 0 Å². The van der Waals surface area contributed by atoms with Gasteiger partial charge in [0.2, 0.25) is 11.6 Å². The van der Waals surface area contributed by atoms with Gasteiger partial charge in [-0.2, -0.15) is 0 Å². The van der Waals surface area contributed by atoms with Gasteiger partial charge in [0.25, 0.3) is 0 Å². The standard InChI is InChI=1S/C47H54Cl2O15/c1-57-46(30-6-12-36(48)28(20-30)18-26-2-8-32(9-3-26)61-34-14-16-58-23-34)44(55)43(54)41(52)39(64-46)25-60-47(45(56)42(53)40(51)38(22-50)63-47)31-7-13-37(49)29(21-31)19-27-4-10-33(11-5-27)62-35-15-17-59-24-35/h2-13,20-21,34-35,38-45,50-56H,14-19,22-25H2,1H3/t34-,35-,38+,39+,40+,41+,42-,43-,44+,45+,46+,47-/m0/s1. The lowest BCUT2D eigenvalue weighted by Crippen LogP contribution is -2.67. The molecule has 15 nitrogen and oxygen atoms in total. The zero-order valence-electron chi connectivity index (χ0n) is 35.1. The predicted molar refractivity (Wildman–Crippen MR) is 230 cm³/mol. The number of methoxy groups -OCH3 is 1. The highest BCUT2D eigenvalue weighted by molar-refractivity contribution is 6.31. The average Bonchev–Trinajstić information content (AvgIpc) is 4.03. The lowest BCUT2D eigenvalue weighted by Gasteiger charge is -2.51. The molecular weight excluding hydrogens is 875 g/mol. The van der Waals surface area contributed by atoms with Gasteiger partial charge in [0.15, 0.2) is 0 Å². The first kappa shape index (κ1) is 47.0. The number of aliphatic hydroxyl groups excluding tert-OH is 7. The van der Waals surface area contributed by atoms with Gasteiger partial charge in [0.05, 0.1) is 39.6 Å². The van der Waals surface area contributed by atoms with E-state index in [4.69, 9.17) is 61.1 Å². The van der Waals surface area contributed by atoms with Crippen LogP contribution < -0.4 is 9.47 Å². The van der Waals surface area contributed by atoms with Gasteiger partial charge in [0, 0.05) is 41.1 Å². The maximum atomic E-state index is 11.8. The minimum atomic E-state index is -2.31. The normalized spacial score (nSPS) is 33.0. The summed E-state index contributed by atoms with van der Waals surface area (Å²) in [6.45, 7) is 0.960. The maximum Gasteiger partial charge on any atom is 0.225 e. The van der Waals surface area contributed by atoms with Crippen molar-refractivity contribution >= 4 is 23.2 Å². The summed E-state index contributed by atoms with van der Waals surface area (Å²) in [5.41, 5.74) is 3.38. The molecule has 0 spiro atoms. The Morgan fingerprint density at radius 3 is 1.50 bits per heavy atom. The monoisotopic (exact) mass is 928 g/mol. The van der Waals surface area contributed by atoms with E-state index in [-0.39, 0.29) is 23.3 Å². The maximum absolute atomic E-state index is 11.8. The number of aliphatic hydroxyl groups is 7. The Hall–Kier alpha value is -3.46. The number of halogens is 2. The Kier molecular flexibility index (Phi) is 14.8. The van der Waals surface area contributed by atoms with Crippen molar-refractivity contribution in [2.75, 3.05) is 46.8 Å². The second kappa shape index (κ2) is 20.2. The molecule has 4 aromatic carbocycles. The first-order valence-electron chi connectivity index (χ1n) is 21.3. The third-order valence-electron chi connectivity index (χ3n) is 12.4. The molecule has 0 radical (unpaired) electrons. The number of hydrogen-bond donors (Lipinski definition) is 7. The molecule has 64 heavy (non-hydrogen) atoms. The van der Waals surface area contributed by atoms with Crippen molar-refractivity contribution in [3.05, 3.63) is 128 Å². The van der Waals surface area contributed by atoms with Crippen molar-refractivity contribution in [2.45, 2.75) is 98.3 Å². The summed E-state index contributed by atoms with van der Waals surface area (Å²) in [5.74, 6) is -3.00. The summed E-state index contributed by atoms with van der Waals surface area (Å²) in [6, 6.07) is 24.6. The third kappa shape index (κ3) is 9.67. The van der Waals surface area contributed by atoms with Crippen LogP contribution in [0.3, 0.4) is 0 Å². The molecule has 0 amide bonds. The zero-order chi connectivity index (χ0) is 45.2. The predicted octanol–water partition coefficient (Wildman–Crippen LogP) is 3.13. The van der Waals surface area contributed by atoms with Gasteiger partial charge in [-0.15, -0.1) is 0 Å². The van der Waals surface area contributed by atoms with Crippen LogP contribution in [0.15, 0.2) is 84.9 Å². The van der Waals surface area contributed by atoms with Gasteiger partial charge in [-0.05, 0) is 83.6 Å². The highest BCUT2D eigenvalue weighted by atomic mass is 35.5. The zero-order valence-corrected chi connectivity index (χ0v) is 36.6. The van der Waals surface area contributed by atoms with Crippen LogP contribution in [0.2, 0.25) is 10.0 Å². The van der Waals surface area contributed by atoms with E-state index >= 15 is 0 Å². The van der Waals surface area contributed by atoms with Gasteiger partial charge in [-0.1, -0.05) is 59.6 Å². The van der Waals surface area contributed by atoms with Gasteiger partial charge in [-0.3, -0.25) is 0 Å². The van der Waals surface area contributed by atoms with E-state index in [1.54, 1.807) is 30.3 Å². The molecule has 4 aromatic rings. The van der Waals surface area contributed by atoms with E-state index in [0.717, 1.165) is 24.0 Å². The molecule has 12 atom stereocenters. The Labute approximate surface area is 380 Å². The second-order valence-electron chi connectivity index (χ2n) is 16.7. The summed E-state index contributed by atoms with van der Waals surface area (Å²) in [4.78, 5) is 0. The molecule has 7 N–H and O–H groups in total. The third-order valence-corrected chi connectivity index (χ3v) is 13.1. The van der Waals surface area contributed by atoms with E-state index < -0.39 is 73.6 Å².